The van der Waals surface area contributed by atoms with Crippen LogP contribution in [0.3, 0.4) is 0 Å². The quantitative estimate of drug-likeness (QED) is 0.640. The molecule has 94 valence electrons. The Hall–Kier alpha value is -2.01. The van der Waals surface area contributed by atoms with E-state index in [9.17, 15) is 4.39 Å². The molecule has 0 saturated heterocycles. The molecule has 2 aromatic rings. The molecule has 0 unspecified atom stereocenters. The van der Waals surface area contributed by atoms with Crippen molar-refractivity contribution in [1.82, 2.24) is 9.97 Å². The van der Waals surface area contributed by atoms with E-state index < -0.39 is 0 Å². The molecule has 0 aliphatic heterocycles. The van der Waals surface area contributed by atoms with E-state index >= 15 is 0 Å². The average molecular weight is 246 g/mol. The molecule has 0 aliphatic rings. The summed E-state index contributed by atoms with van der Waals surface area (Å²) in [5, 5.41) is 0. The summed E-state index contributed by atoms with van der Waals surface area (Å²) >= 11 is 0. The number of nitrogens with two attached hydrogens (primary N) is 1. The van der Waals surface area contributed by atoms with Crippen molar-refractivity contribution >= 4 is 5.82 Å². The molecular formula is C13H15FN4. The molecular weight excluding hydrogens is 231 g/mol. The molecule has 1 aromatic heterocycles. The Labute approximate surface area is 105 Å². The molecule has 0 bridgehead atoms. The van der Waals surface area contributed by atoms with Crippen molar-refractivity contribution < 1.29 is 4.39 Å². The van der Waals surface area contributed by atoms with Gasteiger partial charge in [0.1, 0.15) is 17.5 Å². The van der Waals surface area contributed by atoms with Crippen molar-refractivity contribution in [3.8, 4) is 0 Å². The number of benzene rings is 1. The van der Waals surface area contributed by atoms with Crippen molar-refractivity contribution in [2.45, 2.75) is 19.8 Å². The lowest BCUT2D eigenvalue weighted by molar-refractivity contribution is 0.627. The summed E-state index contributed by atoms with van der Waals surface area (Å²) in [5.74, 6) is 6.39. The van der Waals surface area contributed by atoms with Gasteiger partial charge in [-0.25, -0.2) is 20.2 Å². The first-order chi connectivity index (χ1) is 8.71. The molecule has 1 aromatic carbocycles. The predicted molar refractivity (Wildman–Crippen MR) is 68.4 cm³/mol. The van der Waals surface area contributed by atoms with E-state index in [1.807, 2.05) is 13.0 Å². The third-order valence-electron chi connectivity index (χ3n) is 2.61. The fourth-order valence-electron chi connectivity index (χ4n) is 1.67. The van der Waals surface area contributed by atoms with Crippen LogP contribution < -0.4 is 11.3 Å². The minimum absolute atomic E-state index is 0.244. The van der Waals surface area contributed by atoms with Gasteiger partial charge in [0.2, 0.25) is 0 Å². The number of anilines is 1. The third kappa shape index (κ3) is 3.01. The summed E-state index contributed by atoms with van der Waals surface area (Å²) in [7, 11) is 0. The topological polar surface area (TPSA) is 63.8 Å². The van der Waals surface area contributed by atoms with Crippen molar-refractivity contribution in [2.75, 3.05) is 5.43 Å². The molecule has 0 atom stereocenters. The second kappa shape index (κ2) is 5.55. The van der Waals surface area contributed by atoms with Crippen LogP contribution in [0.25, 0.3) is 0 Å². The van der Waals surface area contributed by atoms with Gasteiger partial charge in [0.05, 0.1) is 0 Å². The van der Waals surface area contributed by atoms with Crippen molar-refractivity contribution in [3.63, 3.8) is 0 Å². The summed E-state index contributed by atoms with van der Waals surface area (Å²) in [4.78, 5) is 8.69. The van der Waals surface area contributed by atoms with Crippen molar-refractivity contribution in [2.24, 2.45) is 5.84 Å². The normalized spacial score (nSPS) is 10.4. The average Bonchev–Trinajstić information content (AvgIpc) is 2.41. The van der Waals surface area contributed by atoms with Crippen LogP contribution in [-0.4, -0.2) is 9.97 Å². The van der Waals surface area contributed by atoms with E-state index in [0.717, 1.165) is 17.7 Å². The Morgan fingerprint density at radius 1 is 1.22 bits per heavy atom. The van der Waals surface area contributed by atoms with Gasteiger partial charge < -0.3 is 5.43 Å². The zero-order valence-corrected chi connectivity index (χ0v) is 10.2. The number of hydrogen-bond donors (Lipinski definition) is 2. The van der Waals surface area contributed by atoms with E-state index in [4.69, 9.17) is 5.84 Å². The smallest absolute Gasteiger partial charge is 0.143 e. The minimum atomic E-state index is -0.244. The van der Waals surface area contributed by atoms with Gasteiger partial charge in [-0.2, -0.15) is 0 Å². The highest BCUT2D eigenvalue weighted by Gasteiger charge is 2.04. The number of aromatic nitrogens is 2. The van der Waals surface area contributed by atoms with Crippen LogP contribution in [0.5, 0.6) is 0 Å². The molecule has 3 N–H and O–H groups in total. The zero-order chi connectivity index (χ0) is 13.0. The van der Waals surface area contributed by atoms with Gasteiger partial charge in [-0.15, -0.1) is 0 Å². The van der Waals surface area contributed by atoms with Crippen LogP contribution in [0.1, 0.15) is 24.0 Å². The van der Waals surface area contributed by atoms with Crippen LogP contribution in [-0.2, 0) is 12.8 Å². The van der Waals surface area contributed by atoms with Gasteiger partial charge >= 0.3 is 0 Å². The van der Waals surface area contributed by atoms with Gasteiger partial charge in [-0.05, 0) is 24.1 Å². The van der Waals surface area contributed by atoms with Crippen LogP contribution >= 0.6 is 0 Å². The molecule has 0 fully saturated rings. The van der Waals surface area contributed by atoms with Crippen LogP contribution in [0.4, 0.5) is 10.2 Å². The van der Waals surface area contributed by atoms with Crippen LogP contribution in [0, 0.1) is 5.82 Å². The highest BCUT2D eigenvalue weighted by Crippen LogP contribution is 2.11. The Morgan fingerprint density at radius 2 is 1.94 bits per heavy atom. The van der Waals surface area contributed by atoms with E-state index in [0.29, 0.717) is 18.1 Å². The monoisotopic (exact) mass is 246 g/mol. The second-order valence-corrected chi connectivity index (χ2v) is 3.96. The maximum atomic E-state index is 12.8. The molecule has 4 nitrogen and oxygen atoms in total. The van der Waals surface area contributed by atoms with Crippen LogP contribution in [0.15, 0.2) is 30.3 Å². The lowest BCUT2D eigenvalue weighted by Gasteiger charge is -2.06. The summed E-state index contributed by atoms with van der Waals surface area (Å²) in [6.45, 7) is 2.02. The summed E-state index contributed by atoms with van der Waals surface area (Å²) in [6, 6.07) is 8.13. The predicted octanol–water partition coefficient (Wildman–Crippen LogP) is 2.05. The maximum Gasteiger partial charge on any atom is 0.143 e. The number of nitrogens with one attached hydrogen (secondary N) is 1. The maximum absolute atomic E-state index is 12.8. The SMILES string of the molecule is CCc1cc(NN)nc(Cc2ccc(F)cc2)n1. The van der Waals surface area contributed by atoms with Crippen LogP contribution in [0.2, 0.25) is 0 Å². The van der Waals surface area contributed by atoms with E-state index in [-0.39, 0.29) is 5.82 Å². The standard InChI is InChI=1S/C13H15FN4/c1-2-11-8-13(18-15)17-12(16-11)7-9-3-5-10(14)6-4-9/h3-6,8H,2,7,15H2,1H3,(H,16,17,18). The molecule has 0 saturated carbocycles. The molecule has 5 heteroatoms. The summed E-state index contributed by atoms with van der Waals surface area (Å²) in [6.07, 6.45) is 1.37. The first-order valence-corrected chi connectivity index (χ1v) is 5.79. The number of nitrogens with zero attached hydrogens (tertiary/aromatic N) is 2. The summed E-state index contributed by atoms with van der Waals surface area (Å²) < 4.78 is 12.8. The molecule has 0 radical (unpaired) electrons. The van der Waals surface area contributed by atoms with Gasteiger partial charge in [0.15, 0.2) is 0 Å². The van der Waals surface area contributed by atoms with Gasteiger partial charge in [0.25, 0.3) is 0 Å². The molecule has 0 spiro atoms. The first kappa shape index (κ1) is 12.4. The number of nitrogen functional groups attached to an aromatic ring is 1. The number of aryl methyl sites for hydroxylation is 1. The van der Waals surface area contributed by atoms with E-state index in [2.05, 4.69) is 15.4 Å². The molecule has 0 amide bonds. The fraction of sp³-hybridized carbons (Fsp3) is 0.231. The Morgan fingerprint density at radius 3 is 2.56 bits per heavy atom. The number of hydrazine groups is 1. The van der Waals surface area contributed by atoms with Gasteiger partial charge in [-0.1, -0.05) is 19.1 Å². The highest BCUT2D eigenvalue weighted by molar-refractivity contribution is 5.35. The number of halogens is 1. The lowest BCUT2D eigenvalue weighted by atomic mass is 10.1. The van der Waals surface area contributed by atoms with E-state index in [1.165, 1.54) is 12.1 Å². The Bertz CT molecular complexity index is 503. The number of hydrogen-bond acceptors (Lipinski definition) is 4. The lowest BCUT2D eigenvalue weighted by Crippen LogP contribution is -2.11. The first-order valence-electron chi connectivity index (χ1n) is 5.79. The number of rotatable bonds is 4. The van der Waals surface area contributed by atoms with Gasteiger partial charge in [0, 0.05) is 18.2 Å². The largest absolute Gasteiger partial charge is 0.308 e. The van der Waals surface area contributed by atoms with Crippen molar-refractivity contribution in [1.29, 1.82) is 0 Å². The van der Waals surface area contributed by atoms with E-state index in [1.54, 1.807) is 12.1 Å². The molecule has 0 aliphatic carbocycles. The molecule has 18 heavy (non-hydrogen) atoms. The fourth-order valence-corrected chi connectivity index (χ4v) is 1.67. The van der Waals surface area contributed by atoms with Crippen molar-refractivity contribution in [3.05, 3.63) is 53.2 Å². The molecule has 2 rings (SSSR count). The second-order valence-electron chi connectivity index (χ2n) is 3.96. The highest BCUT2D eigenvalue weighted by atomic mass is 19.1. The minimum Gasteiger partial charge on any atom is -0.308 e. The zero-order valence-electron chi connectivity index (χ0n) is 10.2. The third-order valence-corrected chi connectivity index (χ3v) is 2.61. The molecule has 1 heterocycles. The Kier molecular flexibility index (Phi) is 3.84. The summed E-state index contributed by atoms with van der Waals surface area (Å²) in [5.41, 5.74) is 4.42. The Balaban J connectivity index is 2.25. The van der Waals surface area contributed by atoms with Gasteiger partial charge in [-0.3, -0.25) is 0 Å².